The van der Waals surface area contributed by atoms with Crippen LogP contribution in [-0.4, -0.2) is 23.6 Å². The van der Waals surface area contributed by atoms with Gasteiger partial charge in [0.05, 0.1) is 30.2 Å². The molecule has 1 aliphatic heterocycles. The Labute approximate surface area is 129 Å². The number of ether oxygens (including phenoxy) is 1. The monoisotopic (exact) mass is 303 g/mol. The average molecular weight is 304 g/mol. The van der Waals surface area contributed by atoms with E-state index in [-0.39, 0.29) is 6.04 Å². The lowest BCUT2D eigenvalue weighted by molar-refractivity contribution is 0.352. The molecule has 0 radical (unpaired) electrons. The van der Waals surface area contributed by atoms with Crippen molar-refractivity contribution >= 4 is 11.6 Å². The smallest absolute Gasteiger partial charge is 0.125 e. The molecule has 0 fully saturated rings. The molecule has 0 aliphatic carbocycles. The van der Waals surface area contributed by atoms with Crippen molar-refractivity contribution in [3.05, 3.63) is 52.1 Å². The molecule has 1 aromatic heterocycles. The number of hydrogen-bond donors (Lipinski definition) is 1. The highest BCUT2D eigenvalue weighted by Gasteiger charge is 2.21. The van der Waals surface area contributed by atoms with Crippen LogP contribution in [0.1, 0.15) is 28.6 Å². The van der Waals surface area contributed by atoms with Crippen LogP contribution in [0.25, 0.3) is 0 Å². The molecule has 0 bridgehead atoms. The fraction of sp³-hybridized carbons (Fsp3) is 0.375. The van der Waals surface area contributed by atoms with E-state index >= 15 is 0 Å². The average Bonchev–Trinajstić information content (AvgIpc) is 2.94. The third kappa shape index (κ3) is 3.01. The van der Waals surface area contributed by atoms with Gasteiger partial charge in [-0.25, -0.2) is 0 Å². The summed E-state index contributed by atoms with van der Waals surface area (Å²) < 4.78 is 5.76. The van der Waals surface area contributed by atoms with E-state index in [1.54, 1.807) is 6.20 Å². The Bertz CT molecular complexity index is 643. The van der Waals surface area contributed by atoms with Gasteiger partial charge >= 0.3 is 0 Å². The van der Waals surface area contributed by atoms with E-state index in [0.717, 1.165) is 47.2 Å². The molecule has 110 valence electrons. The molecule has 1 aromatic carbocycles. The predicted octanol–water partition coefficient (Wildman–Crippen LogP) is 2.88. The van der Waals surface area contributed by atoms with Crippen LogP contribution in [0.3, 0.4) is 0 Å². The third-order valence-electron chi connectivity index (χ3n) is 3.76. The molecule has 21 heavy (non-hydrogen) atoms. The van der Waals surface area contributed by atoms with Crippen molar-refractivity contribution in [2.24, 2.45) is 0 Å². The molecule has 0 saturated carbocycles. The van der Waals surface area contributed by atoms with E-state index in [2.05, 4.69) is 15.3 Å². The summed E-state index contributed by atoms with van der Waals surface area (Å²) in [5.41, 5.74) is 4.16. The lowest BCUT2D eigenvalue weighted by atomic mass is 10.00. The zero-order chi connectivity index (χ0) is 14.8. The Hall–Kier alpha value is -1.65. The molecule has 4 nitrogen and oxygen atoms in total. The second-order valence-electron chi connectivity index (χ2n) is 5.28. The van der Waals surface area contributed by atoms with Crippen LogP contribution in [0.15, 0.2) is 24.5 Å². The van der Waals surface area contributed by atoms with Crippen molar-refractivity contribution in [3.8, 4) is 5.75 Å². The van der Waals surface area contributed by atoms with E-state index in [1.165, 1.54) is 5.56 Å². The number of fused-ring (bicyclic) bond motifs is 1. The van der Waals surface area contributed by atoms with Crippen LogP contribution in [0.4, 0.5) is 0 Å². The molecule has 5 heteroatoms. The highest BCUT2D eigenvalue weighted by molar-refractivity contribution is 6.30. The van der Waals surface area contributed by atoms with Crippen LogP contribution in [-0.2, 0) is 12.8 Å². The summed E-state index contributed by atoms with van der Waals surface area (Å²) >= 11 is 6.22. The number of rotatable bonds is 4. The van der Waals surface area contributed by atoms with Gasteiger partial charge in [0.25, 0.3) is 0 Å². The first-order valence-electron chi connectivity index (χ1n) is 7.07. The normalized spacial score (nSPS) is 14.6. The van der Waals surface area contributed by atoms with Gasteiger partial charge in [-0.05, 0) is 43.7 Å². The van der Waals surface area contributed by atoms with Crippen molar-refractivity contribution in [2.45, 2.75) is 25.8 Å². The second kappa shape index (κ2) is 6.00. The Morgan fingerprint density at radius 3 is 2.90 bits per heavy atom. The topological polar surface area (TPSA) is 47.0 Å². The standard InChI is InChI=1S/C16H18ClN3O/c1-10-8-20-15(9-19-10)14(18-2)7-12-6-13(17)5-11-3-4-21-16(11)12/h5-6,8-9,14,18H,3-4,7H2,1-2H3. The minimum atomic E-state index is 0.0878. The van der Waals surface area contributed by atoms with Crippen LogP contribution < -0.4 is 10.1 Å². The quantitative estimate of drug-likeness (QED) is 0.943. The lowest BCUT2D eigenvalue weighted by Crippen LogP contribution is -2.20. The molecule has 3 rings (SSSR count). The molecule has 0 saturated heterocycles. The van der Waals surface area contributed by atoms with Gasteiger partial charge in [-0.1, -0.05) is 11.6 Å². The van der Waals surface area contributed by atoms with E-state index in [4.69, 9.17) is 16.3 Å². The summed E-state index contributed by atoms with van der Waals surface area (Å²) in [6.45, 7) is 2.67. The summed E-state index contributed by atoms with van der Waals surface area (Å²) in [6.07, 6.45) is 5.31. The zero-order valence-corrected chi connectivity index (χ0v) is 12.9. The fourth-order valence-corrected chi connectivity index (χ4v) is 2.92. The molecule has 1 atom stereocenters. The maximum Gasteiger partial charge on any atom is 0.125 e. The van der Waals surface area contributed by atoms with E-state index in [1.807, 2.05) is 32.3 Å². The highest BCUT2D eigenvalue weighted by Crippen LogP contribution is 2.35. The van der Waals surface area contributed by atoms with Crippen molar-refractivity contribution in [2.75, 3.05) is 13.7 Å². The summed E-state index contributed by atoms with van der Waals surface area (Å²) in [4.78, 5) is 8.78. The molecule has 1 aliphatic rings. The summed E-state index contributed by atoms with van der Waals surface area (Å²) in [5.74, 6) is 0.986. The highest BCUT2D eigenvalue weighted by atomic mass is 35.5. The molecule has 0 spiro atoms. The number of nitrogens with zero attached hydrogens (tertiary/aromatic N) is 2. The second-order valence-corrected chi connectivity index (χ2v) is 5.72. The number of likely N-dealkylation sites (N-methyl/N-ethyl adjacent to an activating group) is 1. The number of aryl methyl sites for hydroxylation is 1. The summed E-state index contributed by atoms with van der Waals surface area (Å²) in [5, 5.41) is 4.06. The summed E-state index contributed by atoms with van der Waals surface area (Å²) in [7, 11) is 1.93. The molecule has 1 N–H and O–H groups in total. The van der Waals surface area contributed by atoms with Crippen LogP contribution >= 0.6 is 11.6 Å². The zero-order valence-electron chi connectivity index (χ0n) is 12.2. The third-order valence-corrected chi connectivity index (χ3v) is 3.97. The van der Waals surface area contributed by atoms with E-state index < -0.39 is 0 Å². The molecule has 1 unspecified atom stereocenters. The summed E-state index contributed by atoms with van der Waals surface area (Å²) in [6, 6.07) is 4.07. The first-order valence-corrected chi connectivity index (χ1v) is 7.45. The number of hydrogen-bond acceptors (Lipinski definition) is 4. The largest absolute Gasteiger partial charge is 0.493 e. The van der Waals surface area contributed by atoms with Gasteiger partial charge in [0.1, 0.15) is 5.75 Å². The van der Waals surface area contributed by atoms with Crippen molar-refractivity contribution in [3.63, 3.8) is 0 Å². The van der Waals surface area contributed by atoms with Crippen molar-refractivity contribution < 1.29 is 4.74 Å². The van der Waals surface area contributed by atoms with E-state index in [0.29, 0.717) is 0 Å². The molecule has 2 aromatic rings. The maximum absolute atomic E-state index is 6.22. The van der Waals surface area contributed by atoms with E-state index in [9.17, 15) is 0 Å². The number of halogens is 1. The van der Waals surface area contributed by atoms with Crippen molar-refractivity contribution in [1.29, 1.82) is 0 Å². The molecule has 2 heterocycles. The van der Waals surface area contributed by atoms with Gasteiger partial charge < -0.3 is 10.1 Å². The lowest BCUT2D eigenvalue weighted by Gasteiger charge is -2.17. The molecule has 0 amide bonds. The van der Waals surface area contributed by atoms with Crippen molar-refractivity contribution in [1.82, 2.24) is 15.3 Å². The Kier molecular flexibility index (Phi) is 4.08. The Balaban J connectivity index is 1.89. The number of benzene rings is 1. The Morgan fingerprint density at radius 1 is 1.33 bits per heavy atom. The predicted molar refractivity (Wildman–Crippen MR) is 82.9 cm³/mol. The van der Waals surface area contributed by atoms with Gasteiger partial charge in [0, 0.05) is 17.6 Å². The van der Waals surface area contributed by atoms with Gasteiger partial charge in [-0.3, -0.25) is 9.97 Å². The fourth-order valence-electron chi connectivity index (χ4n) is 2.65. The Morgan fingerprint density at radius 2 is 2.19 bits per heavy atom. The maximum atomic E-state index is 6.22. The minimum Gasteiger partial charge on any atom is -0.493 e. The SMILES string of the molecule is CNC(Cc1cc(Cl)cc2c1OCC2)c1cnc(C)cn1. The van der Waals surface area contributed by atoms with Gasteiger partial charge in [0.15, 0.2) is 0 Å². The first kappa shape index (κ1) is 14.3. The first-order chi connectivity index (χ1) is 10.2. The number of aromatic nitrogens is 2. The minimum absolute atomic E-state index is 0.0878. The van der Waals surface area contributed by atoms with Gasteiger partial charge in [-0.2, -0.15) is 0 Å². The van der Waals surface area contributed by atoms with Gasteiger partial charge in [0.2, 0.25) is 0 Å². The van der Waals surface area contributed by atoms with Gasteiger partial charge in [-0.15, -0.1) is 0 Å². The van der Waals surface area contributed by atoms with Crippen LogP contribution in [0, 0.1) is 6.92 Å². The van der Waals surface area contributed by atoms with Crippen LogP contribution in [0.2, 0.25) is 5.02 Å². The van der Waals surface area contributed by atoms with Crippen LogP contribution in [0.5, 0.6) is 5.75 Å². The molecular weight excluding hydrogens is 286 g/mol. The molecular formula is C16H18ClN3O. The number of nitrogens with one attached hydrogen (secondary N) is 1.